The van der Waals surface area contributed by atoms with Gasteiger partial charge in [-0.05, 0) is 22.7 Å². The summed E-state index contributed by atoms with van der Waals surface area (Å²) in [6, 6.07) is 21.8. The second-order valence-electron chi connectivity index (χ2n) is 3.89. The van der Waals surface area contributed by atoms with Crippen molar-refractivity contribution in [2.75, 3.05) is 12.1 Å². The predicted molar refractivity (Wildman–Crippen MR) is 82.8 cm³/mol. The maximum Gasteiger partial charge on any atom is -0.00674 e. The monoisotopic (exact) mass is 260 g/mol. The quantitative estimate of drug-likeness (QED) is 0.718. The highest BCUT2D eigenvalue weighted by atomic mass is 31.2. The Balaban J connectivity index is 1.97. The van der Waals surface area contributed by atoms with Crippen LogP contribution in [0, 0.1) is 0 Å². The summed E-state index contributed by atoms with van der Waals surface area (Å²) >= 11 is 0. The molecule has 0 heterocycles. The van der Waals surface area contributed by atoms with E-state index in [4.69, 9.17) is 0 Å². The largest absolute Gasteiger partial charge is 0.0857 e. The first-order valence-corrected chi connectivity index (χ1v) is 8.91. The highest BCUT2D eigenvalue weighted by Crippen LogP contribution is 2.39. The van der Waals surface area contributed by atoms with Crippen LogP contribution < -0.4 is 10.6 Å². The molecule has 0 nitrogen and oxygen atoms in total. The van der Waals surface area contributed by atoms with Crippen LogP contribution in [0.3, 0.4) is 0 Å². The molecule has 0 aliphatic carbocycles. The van der Waals surface area contributed by atoms with Crippen molar-refractivity contribution in [1.82, 2.24) is 0 Å². The van der Waals surface area contributed by atoms with E-state index < -0.39 is 0 Å². The fraction of sp³-hybridized carbons (Fsp3) is 0.200. The molecule has 0 saturated heterocycles. The van der Waals surface area contributed by atoms with Crippen LogP contribution in [-0.2, 0) is 0 Å². The number of rotatable bonds is 5. The Kier molecular flexibility index (Phi) is 5.17. The maximum absolute atomic E-state index is 2.31. The highest BCUT2D eigenvalue weighted by molar-refractivity contribution is 7.75. The Morgan fingerprint density at radius 1 is 0.882 bits per heavy atom. The van der Waals surface area contributed by atoms with Gasteiger partial charge in [0.05, 0.1) is 0 Å². The molecule has 17 heavy (non-hydrogen) atoms. The van der Waals surface area contributed by atoms with Gasteiger partial charge in [0.1, 0.15) is 0 Å². The fourth-order valence-electron chi connectivity index (χ4n) is 1.77. The van der Waals surface area contributed by atoms with E-state index >= 15 is 0 Å². The Bertz CT molecular complexity index is 425. The van der Waals surface area contributed by atoms with Crippen molar-refractivity contribution in [3.8, 4) is 0 Å². The minimum Gasteiger partial charge on any atom is -0.0857 e. The van der Waals surface area contributed by atoms with Crippen molar-refractivity contribution >= 4 is 27.1 Å². The van der Waals surface area contributed by atoms with Crippen LogP contribution in [0.2, 0.25) is 0 Å². The van der Waals surface area contributed by atoms with Crippen molar-refractivity contribution < 1.29 is 0 Å². The van der Waals surface area contributed by atoms with Gasteiger partial charge in [0.2, 0.25) is 0 Å². The zero-order valence-corrected chi connectivity index (χ0v) is 12.0. The van der Waals surface area contributed by atoms with Crippen LogP contribution in [0.15, 0.2) is 60.7 Å². The minimum atomic E-state index is 0.0351. The number of benzene rings is 2. The van der Waals surface area contributed by atoms with Gasteiger partial charge in [-0.15, -0.1) is 0 Å². The molecule has 2 aromatic rings. The van der Waals surface area contributed by atoms with Crippen LogP contribution in [0.25, 0.3) is 0 Å². The van der Waals surface area contributed by atoms with Crippen molar-refractivity contribution in [3.63, 3.8) is 0 Å². The smallest absolute Gasteiger partial charge is 0.00674 e. The molecular formula is C15H18P2. The van der Waals surface area contributed by atoms with E-state index in [2.05, 4.69) is 67.6 Å². The van der Waals surface area contributed by atoms with Crippen LogP contribution in [0.5, 0.6) is 0 Å². The first-order valence-electron chi connectivity index (χ1n) is 5.99. The molecule has 88 valence electrons. The Hall–Kier alpha value is -0.700. The predicted octanol–water partition coefficient (Wildman–Crippen LogP) is 3.78. The third kappa shape index (κ3) is 3.91. The summed E-state index contributed by atoms with van der Waals surface area (Å²) in [7, 11) is 0.981. The van der Waals surface area contributed by atoms with Gasteiger partial charge in [0.15, 0.2) is 0 Å². The minimum absolute atomic E-state index is 0.0351. The standard InChI is InChI=1S/C15H18P2/c1-2-17(15-11-7-4-8-12-15)13-16-14-9-5-3-6-10-14/h3-12,16H,2,13H2,1H3. The van der Waals surface area contributed by atoms with Crippen LogP contribution in [0.4, 0.5) is 0 Å². The molecule has 0 fully saturated rings. The summed E-state index contributed by atoms with van der Waals surface area (Å²) in [6.07, 6.45) is 1.29. The Morgan fingerprint density at radius 3 is 2.06 bits per heavy atom. The molecule has 0 saturated carbocycles. The summed E-state index contributed by atoms with van der Waals surface area (Å²) in [5.41, 5.74) is 0. The van der Waals surface area contributed by atoms with E-state index in [1.165, 1.54) is 17.4 Å². The lowest BCUT2D eigenvalue weighted by Gasteiger charge is -2.15. The van der Waals surface area contributed by atoms with Gasteiger partial charge in [0, 0.05) is 0 Å². The van der Waals surface area contributed by atoms with E-state index in [-0.39, 0.29) is 7.92 Å². The molecule has 2 aromatic carbocycles. The van der Waals surface area contributed by atoms with E-state index in [1.807, 2.05) is 0 Å². The molecule has 2 atom stereocenters. The fourth-order valence-corrected chi connectivity index (χ4v) is 6.27. The van der Waals surface area contributed by atoms with Gasteiger partial charge < -0.3 is 0 Å². The van der Waals surface area contributed by atoms with Crippen LogP contribution in [-0.4, -0.2) is 12.1 Å². The summed E-state index contributed by atoms with van der Waals surface area (Å²) in [6.45, 7) is 2.31. The Morgan fingerprint density at radius 2 is 1.47 bits per heavy atom. The first kappa shape index (κ1) is 12.7. The molecule has 2 rings (SSSR count). The zero-order valence-electron chi connectivity index (χ0n) is 10.1. The second-order valence-corrected chi connectivity index (χ2v) is 8.32. The summed E-state index contributed by atoms with van der Waals surface area (Å²) in [5.74, 6) is 1.33. The molecule has 0 aliphatic rings. The van der Waals surface area contributed by atoms with Crippen LogP contribution in [0.1, 0.15) is 6.92 Å². The van der Waals surface area contributed by atoms with E-state index in [0.717, 1.165) is 8.58 Å². The Labute approximate surface area is 107 Å². The normalized spacial score (nSPS) is 13.0. The lowest BCUT2D eigenvalue weighted by molar-refractivity contribution is 1.50. The summed E-state index contributed by atoms with van der Waals surface area (Å²) < 4.78 is 0. The average Bonchev–Trinajstić information content (AvgIpc) is 2.42. The molecule has 2 heteroatoms. The molecule has 0 aromatic heterocycles. The summed E-state index contributed by atoms with van der Waals surface area (Å²) in [4.78, 5) is 0. The van der Waals surface area contributed by atoms with Gasteiger partial charge in [-0.1, -0.05) is 84.1 Å². The van der Waals surface area contributed by atoms with Crippen molar-refractivity contribution in [2.24, 2.45) is 0 Å². The SMILES string of the molecule is CCP(CPc1ccccc1)c1ccccc1. The van der Waals surface area contributed by atoms with Crippen molar-refractivity contribution in [1.29, 1.82) is 0 Å². The first-order chi connectivity index (χ1) is 8.40. The zero-order chi connectivity index (χ0) is 11.9. The lowest BCUT2D eigenvalue weighted by atomic mass is 10.4. The molecule has 2 unspecified atom stereocenters. The van der Waals surface area contributed by atoms with Gasteiger partial charge in [-0.2, -0.15) is 0 Å². The molecule has 0 radical (unpaired) electrons. The van der Waals surface area contributed by atoms with Gasteiger partial charge in [0.25, 0.3) is 0 Å². The lowest BCUT2D eigenvalue weighted by Crippen LogP contribution is -2.04. The summed E-state index contributed by atoms with van der Waals surface area (Å²) in [5, 5.41) is 3.04. The maximum atomic E-state index is 2.31. The molecule has 0 bridgehead atoms. The molecule has 0 spiro atoms. The van der Waals surface area contributed by atoms with E-state index in [0.29, 0.717) is 0 Å². The van der Waals surface area contributed by atoms with Gasteiger partial charge in [-0.3, -0.25) is 0 Å². The number of hydrogen-bond donors (Lipinski definition) is 0. The van der Waals surface area contributed by atoms with Gasteiger partial charge >= 0.3 is 0 Å². The molecule has 0 aliphatic heterocycles. The average molecular weight is 260 g/mol. The van der Waals surface area contributed by atoms with Crippen LogP contribution >= 0.6 is 16.5 Å². The van der Waals surface area contributed by atoms with E-state index in [1.54, 1.807) is 5.30 Å². The topological polar surface area (TPSA) is 0 Å². The number of hydrogen-bond acceptors (Lipinski definition) is 0. The van der Waals surface area contributed by atoms with Crippen molar-refractivity contribution in [3.05, 3.63) is 60.7 Å². The molecule has 0 N–H and O–H groups in total. The third-order valence-corrected chi connectivity index (χ3v) is 7.44. The second kappa shape index (κ2) is 6.90. The highest BCUT2D eigenvalue weighted by Gasteiger charge is 2.07. The third-order valence-electron chi connectivity index (χ3n) is 2.75. The van der Waals surface area contributed by atoms with Gasteiger partial charge in [-0.25, -0.2) is 0 Å². The van der Waals surface area contributed by atoms with Crippen molar-refractivity contribution in [2.45, 2.75) is 6.92 Å². The van der Waals surface area contributed by atoms with E-state index in [9.17, 15) is 0 Å². The molecule has 0 amide bonds. The molecular weight excluding hydrogens is 242 g/mol.